The van der Waals surface area contributed by atoms with Crippen LogP contribution in [0.15, 0.2) is 36.4 Å². The van der Waals surface area contributed by atoms with Crippen molar-refractivity contribution in [3.63, 3.8) is 0 Å². The molecule has 1 fully saturated rings. The van der Waals surface area contributed by atoms with Gasteiger partial charge in [0.25, 0.3) is 0 Å². The zero-order valence-electron chi connectivity index (χ0n) is 11.4. The average Bonchev–Trinajstić information content (AvgIpc) is 2.48. The molecule has 3 nitrogen and oxygen atoms in total. The van der Waals surface area contributed by atoms with Gasteiger partial charge >= 0.3 is 0 Å². The lowest BCUT2D eigenvalue weighted by atomic mass is 10.2. The van der Waals surface area contributed by atoms with Crippen LogP contribution >= 0.6 is 11.6 Å². The van der Waals surface area contributed by atoms with Crippen LogP contribution in [-0.4, -0.2) is 50.6 Å². The van der Waals surface area contributed by atoms with E-state index in [0.29, 0.717) is 5.88 Å². The van der Waals surface area contributed by atoms with Gasteiger partial charge in [-0.1, -0.05) is 6.58 Å². The summed E-state index contributed by atoms with van der Waals surface area (Å²) in [5.41, 5.74) is 2.36. The molecule has 19 heavy (non-hydrogen) atoms. The van der Waals surface area contributed by atoms with Gasteiger partial charge in [-0.3, -0.25) is 4.90 Å². The number of nitrogens with zero attached hydrogens (tertiary/aromatic N) is 2. The van der Waals surface area contributed by atoms with Crippen molar-refractivity contribution >= 4 is 17.3 Å². The Morgan fingerprint density at radius 1 is 1.21 bits per heavy atom. The fourth-order valence-electron chi connectivity index (χ4n) is 2.32. The summed E-state index contributed by atoms with van der Waals surface area (Å²) in [7, 11) is 1.69. The predicted molar refractivity (Wildman–Crippen MR) is 81.5 cm³/mol. The van der Waals surface area contributed by atoms with Crippen LogP contribution in [0.4, 0.5) is 5.69 Å². The van der Waals surface area contributed by atoms with Crippen LogP contribution in [0.25, 0.3) is 0 Å². The monoisotopic (exact) mass is 280 g/mol. The Bertz CT molecular complexity index is 411. The van der Waals surface area contributed by atoms with Gasteiger partial charge < -0.3 is 9.64 Å². The molecule has 1 saturated heterocycles. The van der Waals surface area contributed by atoms with Crippen LogP contribution in [0.1, 0.15) is 0 Å². The van der Waals surface area contributed by atoms with Crippen molar-refractivity contribution in [1.82, 2.24) is 4.90 Å². The number of anilines is 1. The second-order valence-electron chi connectivity index (χ2n) is 4.84. The van der Waals surface area contributed by atoms with E-state index in [1.807, 2.05) is 12.1 Å². The number of halogens is 1. The Labute approximate surface area is 120 Å². The summed E-state index contributed by atoms with van der Waals surface area (Å²) in [5, 5.41) is 0. The minimum Gasteiger partial charge on any atom is -0.497 e. The van der Waals surface area contributed by atoms with Crippen molar-refractivity contribution in [3.05, 3.63) is 36.4 Å². The van der Waals surface area contributed by atoms with Gasteiger partial charge in [-0.15, -0.1) is 11.6 Å². The van der Waals surface area contributed by atoms with Gasteiger partial charge in [-0.25, -0.2) is 0 Å². The topological polar surface area (TPSA) is 15.7 Å². The van der Waals surface area contributed by atoms with E-state index in [1.165, 1.54) is 5.69 Å². The minimum atomic E-state index is 0.554. The largest absolute Gasteiger partial charge is 0.497 e. The van der Waals surface area contributed by atoms with Crippen LogP contribution in [0.2, 0.25) is 0 Å². The van der Waals surface area contributed by atoms with Gasteiger partial charge in [-0.05, 0) is 29.8 Å². The maximum absolute atomic E-state index is 5.78. The quantitative estimate of drug-likeness (QED) is 0.609. The number of piperazine rings is 1. The highest BCUT2D eigenvalue weighted by Crippen LogP contribution is 2.20. The first-order chi connectivity index (χ1) is 9.22. The highest BCUT2D eigenvalue weighted by molar-refractivity contribution is 6.19. The molecule has 0 N–H and O–H groups in total. The molecular formula is C15H21ClN2O. The zero-order chi connectivity index (χ0) is 13.7. The molecule has 0 spiro atoms. The van der Waals surface area contributed by atoms with Crippen molar-refractivity contribution in [3.8, 4) is 5.75 Å². The molecule has 0 aliphatic carbocycles. The second kappa shape index (κ2) is 6.83. The Morgan fingerprint density at radius 2 is 1.84 bits per heavy atom. The van der Waals surface area contributed by atoms with Crippen molar-refractivity contribution in [2.75, 3.05) is 50.6 Å². The molecule has 0 radical (unpaired) electrons. The third kappa shape index (κ3) is 3.88. The van der Waals surface area contributed by atoms with E-state index in [4.69, 9.17) is 16.3 Å². The number of hydrogen-bond donors (Lipinski definition) is 0. The van der Waals surface area contributed by atoms with Gasteiger partial charge in [0.05, 0.1) is 7.11 Å². The van der Waals surface area contributed by atoms with E-state index in [-0.39, 0.29) is 0 Å². The van der Waals surface area contributed by atoms with E-state index in [1.54, 1.807) is 7.11 Å². The summed E-state index contributed by atoms with van der Waals surface area (Å²) in [5.74, 6) is 1.46. The molecule has 0 unspecified atom stereocenters. The molecule has 2 rings (SSSR count). The maximum Gasteiger partial charge on any atom is 0.119 e. The Hall–Kier alpha value is -1.19. The number of ether oxygens (including phenoxy) is 1. The standard InChI is InChI=1S/C15H21ClN2O/c1-13(11-16)12-17-7-9-18(10-8-17)14-3-5-15(19-2)6-4-14/h3-6H,1,7-12H2,2H3. The normalized spacial score (nSPS) is 16.4. The lowest BCUT2D eigenvalue weighted by Gasteiger charge is -2.36. The molecule has 4 heteroatoms. The third-order valence-corrected chi connectivity index (χ3v) is 3.82. The SMILES string of the molecule is C=C(CCl)CN1CCN(c2ccc(OC)cc2)CC1. The Balaban J connectivity index is 1.86. The van der Waals surface area contributed by atoms with E-state index < -0.39 is 0 Å². The molecule has 1 aliphatic rings. The summed E-state index contributed by atoms with van der Waals surface area (Å²) in [6.45, 7) is 9.08. The molecule has 0 saturated carbocycles. The summed E-state index contributed by atoms with van der Waals surface area (Å²) in [6.07, 6.45) is 0. The summed E-state index contributed by atoms with van der Waals surface area (Å²) in [4.78, 5) is 4.81. The molecule has 0 amide bonds. The highest BCUT2D eigenvalue weighted by atomic mass is 35.5. The highest BCUT2D eigenvalue weighted by Gasteiger charge is 2.17. The molecule has 1 aromatic carbocycles. The van der Waals surface area contributed by atoms with Gasteiger partial charge in [0.2, 0.25) is 0 Å². The van der Waals surface area contributed by atoms with E-state index >= 15 is 0 Å². The van der Waals surface area contributed by atoms with Crippen molar-refractivity contribution in [1.29, 1.82) is 0 Å². The summed E-state index contributed by atoms with van der Waals surface area (Å²) < 4.78 is 5.18. The van der Waals surface area contributed by atoms with Crippen molar-refractivity contribution < 1.29 is 4.74 Å². The summed E-state index contributed by atoms with van der Waals surface area (Å²) >= 11 is 5.78. The number of rotatable bonds is 5. The number of hydrogen-bond acceptors (Lipinski definition) is 3. The smallest absolute Gasteiger partial charge is 0.119 e. The first-order valence-electron chi connectivity index (χ1n) is 6.57. The van der Waals surface area contributed by atoms with Gasteiger partial charge in [0.15, 0.2) is 0 Å². The van der Waals surface area contributed by atoms with Crippen molar-refractivity contribution in [2.45, 2.75) is 0 Å². The van der Waals surface area contributed by atoms with Gasteiger partial charge in [0, 0.05) is 44.3 Å². The van der Waals surface area contributed by atoms with E-state index in [9.17, 15) is 0 Å². The Kier molecular flexibility index (Phi) is 5.11. The molecule has 1 aliphatic heterocycles. The fourth-order valence-corrected chi connectivity index (χ4v) is 2.40. The molecule has 1 aromatic rings. The third-order valence-electron chi connectivity index (χ3n) is 3.45. The first-order valence-corrected chi connectivity index (χ1v) is 7.10. The Morgan fingerprint density at radius 3 is 2.37 bits per heavy atom. The molecule has 0 atom stereocenters. The van der Waals surface area contributed by atoms with E-state index in [2.05, 4.69) is 28.5 Å². The van der Waals surface area contributed by atoms with Crippen LogP contribution in [-0.2, 0) is 0 Å². The predicted octanol–water partition coefficient (Wildman–Crippen LogP) is 2.61. The first kappa shape index (κ1) is 14.2. The van der Waals surface area contributed by atoms with Crippen LogP contribution < -0.4 is 9.64 Å². The van der Waals surface area contributed by atoms with E-state index in [0.717, 1.165) is 44.0 Å². The number of benzene rings is 1. The summed E-state index contributed by atoms with van der Waals surface area (Å²) in [6, 6.07) is 8.26. The maximum atomic E-state index is 5.78. The second-order valence-corrected chi connectivity index (χ2v) is 5.11. The van der Waals surface area contributed by atoms with Gasteiger partial charge in [-0.2, -0.15) is 0 Å². The van der Waals surface area contributed by atoms with Crippen LogP contribution in [0.3, 0.4) is 0 Å². The molecular weight excluding hydrogens is 260 g/mol. The average molecular weight is 281 g/mol. The fraction of sp³-hybridized carbons (Fsp3) is 0.467. The molecule has 0 bridgehead atoms. The number of methoxy groups -OCH3 is 1. The van der Waals surface area contributed by atoms with Crippen molar-refractivity contribution in [2.24, 2.45) is 0 Å². The lowest BCUT2D eigenvalue weighted by Crippen LogP contribution is -2.47. The molecule has 104 valence electrons. The zero-order valence-corrected chi connectivity index (χ0v) is 12.2. The molecule has 0 aromatic heterocycles. The lowest BCUT2D eigenvalue weighted by molar-refractivity contribution is 0.279. The van der Waals surface area contributed by atoms with Gasteiger partial charge in [0.1, 0.15) is 5.75 Å². The van der Waals surface area contributed by atoms with Crippen LogP contribution in [0, 0.1) is 0 Å². The number of alkyl halides is 1. The van der Waals surface area contributed by atoms with Crippen LogP contribution in [0.5, 0.6) is 5.75 Å². The molecule has 1 heterocycles. The minimum absolute atomic E-state index is 0.554.